The molecule has 13 heavy (non-hydrogen) atoms. The summed E-state index contributed by atoms with van der Waals surface area (Å²) in [6.45, 7) is 2.09. The Morgan fingerprint density at radius 1 is 1.38 bits per heavy atom. The van der Waals surface area contributed by atoms with Crippen LogP contribution in [0.25, 0.3) is 10.1 Å². The lowest BCUT2D eigenvalue weighted by atomic mass is 10.2. The predicted molar refractivity (Wildman–Crippen MR) is 56.2 cm³/mol. The van der Waals surface area contributed by atoms with Crippen LogP contribution in [0.4, 0.5) is 4.39 Å². The average Bonchev–Trinajstić information content (AvgIpc) is 2.48. The number of hydrogen-bond acceptors (Lipinski definition) is 1. The summed E-state index contributed by atoms with van der Waals surface area (Å²) in [6.07, 6.45) is 0.985. The average molecular weight is 215 g/mol. The second kappa shape index (κ2) is 3.28. The van der Waals surface area contributed by atoms with E-state index in [1.807, 2.05) is 0 Å². The van der Waals surface area contributed by atoms with Crippen LogP contribution in [0.2, 0.25) is 5.02 Å². The molecule has 0 nitrogen and oxygen atoms in total. The van der Waals surface area contributed by atoms with Gasteiger partial charge >= 0.3 is 0 Å². The summed E-state index contributed by atoms with van der Waals surface area (Å²) in [5, 5.41) is 1.24. The first kappa shape index (κ1) is 8.97. The van der Waals surface area contributed by atoms with Crippen LogP contribution in [-0.2, 0) is 6.42 Å². The summed E-state index contributed by atoms with van der Waals surface area (Å²) >= 11 is 7.29. The molecule has 0 spiro atoms. The van der Waals surface area contributed by atoms with Gasteiger partial charge in [0, 0.05) is 9.58 Å². The van der Waals surface area contributed by atoms with Crippen molar-refractivity contribution in [1.29, 1.82) is 0 Å². The maximum absolute atomic E-state index is 13.0. The van der Waals surface area contributed by atoms with Crippen molar-refractivity contribution in [2.24, 2.45) is 0 Å². The molecule has 0 saturated heterocycles. The number of aryl methyl sites for hydroxylation is 1. The molecule has 1 aromatic heterocycles. The van der Waals surface area contributed by atoms with E-state index < -0.39 is 0 Å². The van der Waals surface area contributed by atoms with Crippen LogP contribution < -0.4 is 0 Å². The van der Waals surface area contributed by atoms with E-state index in [9.17, 15) is 4.39 Å². The van der Waals surface area contributed by atoms with Crippen LogP contribution in [0.1, 0.15) is 11.8 Å². The molecule has 0 aliphatic carbocycles. The van der Waals surface area contributed by atoms with Gasteiger partial charge in [0.05, 0.1) is 5.02 Å². The molecule has 0 atom stereocenters. The molecular weight excluding hydrogens is 207 g/mol. The van der Waals surface area contributed by atoms with Gasteiger partial charge in [0.15, 0.2) is 0 Å². The lowest BCUT2D eigenvalue weighted by molar-refractivity contribution is 0.630. The Kier molecular flexibility index (Phi) is 2.26. The Balaban J connectivity index is 2.70. The minimum atomic E-state index is -0.335. The van der Waals surface area contributed by atoms with Crippen LogP contribution in [0.5, 0.6) is 0 Å². The van der Waals surface area contributed by atoms with Crippen LogP contribution in [0.3, 0.4) is 0 Å². The lowest BCUT2D eigenvalue weighted by Crippen LogP contribution is -1.73. The van der Waals surface area contributed by atoms with Gasteiger partial charge in [-0.2, -0.15) is 0 Å². The van der Waals surface area contributed by atoms with Crippen molar-refractivity contribution >= 4 is 33.0 Å². The fraction of sp³-hybridized carbons (Fsp3) is 0.200. The topological polar surface area (TPSA) is 0 Å². The minimum Gasteiger partial charge on any atom is -0.205 e. The predicted octanol–water partition coefficient (Wildman–Crippen LogP) is 4.26. The molecule has 0 bridgehead atoms. The van der Waals surface area contributed by atoms with Crippen molar-refractivity contribution < 1.29 is 4.39 Å². The zero-order valence-corrected chi connectivity index (χ0v) is 8.68. The van der Waals surface area contributed by atoms with Crippen molar-refractivity contribution in [2.75, 3.05) is 0 Å². The number of thiophene rings is 1. The van der Waals surface area contributed by atoms with Crippen LogP contribution in [0.15, 0.2) is 18.2 Å². The molecular formula is C10H8ClFS. The monoisotopic (exact) mass is 214 g/mol. The molecule has 68 valence electrons. The normalized spacial score (nSPS) is 11.0. The molecule has 2 aromatic rings. The van der Waals surface area contributed by atoms with Crippen LogP contribution >= 0.6 is 22.9 Å². The van der Waals surface area contributed by atoms with E-state index in [0.717, 1.165) is 16.5 Å². The highest BCUT2D eigenvalue weighted by atomic mass is 35.5. The van der Waals surface area contributed by atoms with E-state index >= 15 is 0 Å². The maximum Gasteiger partial charge on any atom is 0.143 e. The molecule has 0 fully saturated rings. The number of fused-ring (bicyclic) bond motifs is 1. The summed E-state index contributed by atoms with van der Waals surface area (Å²) in [4.78, 5) is 1.26. The molecule has 0 N–H and O–H groups in total. The highest BCUT2D eigenvalue weighted by molar-refractivity contribution is 7.19. The fourth-order valence-electron chi connectivity index (χ4n) is 1.26. The molecule has 0 amide bonds. The van der Waals surface area contributed by atoms with Gasteiger partial charge in [0.1, 0.15) is 5.82 Å². The van der Waals surface area contributed by atoms with Crippen LogP contribution in [-0.4, -0.2) is 0 Å². The van der Waals surface area contributed by atoms with Gasteiger partial charge in [0.2, 0.25) is 0 Å². The van der Waals surface area contributed by atoms with Gasteiger partial charge in [-0.15, -0.1) is 11.3 Å². The van der Waals surface area contributed by atoms with E-state index in [2.05, 4.69) is 13.0 Å². The quantitative estimate of drug-likeness (QED) is 0.666. The molecule has 3 heteroatoms. The minimum absolute atomic E-state index is 0.202. The summed E-state index contributed by atoms with van der Waals surface area (Å²) in [7, 11) is 0. The van der Waals surface area contributed by atoms with E-state index in [1.165, 1.54) is 10.9 Å². The van der Waals surface area contributed by atoms with Crippen molar-refractivity contribution in [3.8, 4) is 0 Å². The second-order valence-corrected chi connectivity index (χ2v) is 4.45. The molecule has 0 aliphatic rings. The van der Waals surface area contributed by atoms with Gasteiger partial charge in [-0.05, 0) is 30.0 Å². The zero-order valence-electron chi connectivity index (χ0n) is 7.10. The van der Waals surface area contributed by atoms with Gasteiger partial charge in [-0.3, -0.25) is 0 Å². The zero-order chi connectivity index (χ0) is 9.42. The van der Waals surface area contributed by atoms with Crippen molar-refractivity contribution in [3.05, 3.63) is 33.9 Å². The Labute approximate surface area is 85.0 Å². The molecule has 0 radical (unpaired) electrons. The molecule has 2 rings (SSSR count). The first-order chi connectivity index (χ1) is 6.20. The van der Waals surface area contributed by atoms with Gasteiger partial charge < -0.3 is 0 Å². The fourth-order valence-corrected chi connectivity index (χ4v) is 2.45. The maximum atomic E-state index is 13.0. The van der Waals surface area contributed by atoms with Gasteiger partial charge in [-0.1, -0.05) is 18.5 Å². The second-order valence-electron chi connectivity index (χ2n) is 2.87. The third kappa shape index (κ3) is 1.56. The van der Waals surface area contributed by atoms with Gasteiger partial charge in [-0.25, -0.2) is 4.39 Å². The number of benzene rings is 1. The summed E-state index contributed by atoms with van der Waals surface area (Å²) in [6, 6.07) is 5.24. The number of rotatable bonds is 1. The van der Waals surface area contributed by atoms with E-state index in [1.54, 1.807) is 17.4 Å². The SMILES string of the molecule is CCc1cc2cc(Cl)c(F)cc2s1. The van der Waals surface area contributed by atoms with Crippen molar-refractivity contribution in [3.63, 3.8) is 0 Å². The largest absolute Gasteiger partial charge is 0.205 e. The Morgan fingerprint density at radius 2 is 2.15 bits per heavy atom. The molecule has 0 saturated carbocycles. The smallest absolute Gasteiger partial charge is 0.143 e. The molecule has 1 aromatic carbocycles. The van der Waals surface area contributed by atoms with E-state index in [4.69, 9.17) is 11.6 Å². The lowest BCUT2D eigenvalue weighted by Gasteiger charge is -1.92. The highest BCUT2D eigenvalue weighted by Gasteiger charge is 2.05. The summed E-state index contributed by atoms with van der Waals surface area (Å²) in [5.74, 6) is -0.335. The molecule has 0 unspecified atom stereocenters. The third-order valence-electron chi connectivity index (χ3n) is 1.96. The standard InChI is InChI=1S/C10H8ClFS/c1-2-7-3-6-4-8(11)9(12)5-10(6)13-7/h3-5H,2H2,1H3. The first-order valence-corrected chi connectivity index (χ1v) is 5.27. The number of halogens is 2. The first-order valence-electron chi connectivity index (χ1n) is 4.08. The highest BCUT2D eigenvalue weighted by Crippen LogP contribution is 2.30. The van der Waals surface area contributed by atoms with Crippen LogP contribution in [0, 0.1) is 5.82 Å². The third-order valence-corrected chi connectivity index (χ3v) is 3.49. The van der Waals surface area contributed by atoms with Crippen molar-refractivity contribution in [2.45, 2.75) is 13.3 Å². The van der Waals surface area contributed by atoms with Crippen molar-refractivity contribution in [1.82, 2.24) is 0 Å². The Morgan fingerprint density at radius 3 is 2.85 bits per heavy atom. The summed E-state index contributed by atoms with van der Waals surface area (Å²) in [5.41, 5.74) is 0. The number of hydrogen-bond donors (Lipinski definition) is 0. The molecule has 1 heterocycles. The van der Waals surface area contributed by atoms with Gasteiger partial charge in [0.25, 0.3) is 0 Å². The Bertz CT molecular complexity index is 408. The summed E-state index contributed by atoms with van der Waals surface area (Å²) < 4.78 is 14.0. The Hall–Kier alpha value is -0.600. The van der Waals surface area contributed by atoms with E-state index in [-0.39, 0.29) is 10.8 Å². The molecule has 0 aliphatic heterocycles. The van der Waals surface area contributed by atoms with E-state index in [0.29, 0.717) is 0 Å².